The Hall–Kier alpha value is -5.16. The minimum absolute atomic E-state index is 0.0753. The van der Waals surface area contributed by atoms with Crippen molar-refractivity contribution in [3.63, 3.8) is 0 Å². The Labute approximate surface area is 221 Å². The van der Waals surface area contributed by atoms with Crippen LogP contribution in [0.3, 0.4) is 0 Å². The van der Waals surface area contributed by atoms with Gasteiger partial charge in [-0.2, -0.15) is 0 Å². The summed E-state index contributed by atoms with van der Waals surface area (Å²) in [6.45, 7) is 0. The van der Waals surface area contributed by atoms with Gasteiger partial charge >= 0.3 is 0 Å². The predicted octanol–water partition coefficient (Wildman–Crippen LogP) is 4.25. The maximum Gasteiger partial charge on any atom is 0.276 e. The molecule has 0 saturated heterocycles. The van der Waals surface area contributed by atoms with E-state index in [0.29, 0.717) is 29.9 Å². The number of rotatable bonds is 6. The Bertz CT molecular complexity index is 1640. The van der Waals surface area contributed by atoms with E-state index in [-0.39, 0.29) is 33.7 Å². The second-order valence-corrected chi connectivity index (χ2v) is 9.01. The number of nitrogens with zero attached hydrogens (tertiary/aromatic N) is 1. The molecule has 3 aromatic rings. The van der Waals surface area contributed by atoms with E-state index in [1.807, 2.05) is 0 Å². The molecule has 11 heteroatoms. The smallest absolute Gasteiger partial charge is 0.276 e. The Morgan fingerprint density at radius 1 is 1.03 bits per heavy atom. The first-order valence-electron chi connectivity index (χ1n) is 11.8. The van der Waals surface area contributed by atoms with Crippen LogP contribution in [0.5, 0.6) is 23.0 Å². The van der Waals surface area contributed by atoms with Crippen LogP contribution in [0.4, 0.5) is 11.4 Å². The van der Waals surface area contributed by atoms with Crippen molar-refractivity contribution in [3.8, 4) is 23.0 Å². The van der Waals surface area contributed by atoms with Crippen molar-refractivity contribution < 1.29 is 39.7 Å². The summed E-state index contributed by atoms with van der Waals surface area (Å²) in [6.07, 6.45) is 2.45. The number of hydrogen-bond donors (Lipinski definition) is 5. The number of nitro groups is 1. The summed E-state index contributed by atoms with van der Waals surface area (Å²) < 4.78 is 5.06. The number of aliphatic hydroxyl groups excluding tert-OH is 1. The lowest BCUT2D eigenvalue weighted by atomic mass is 9.80. The molecular weight excluding hydrogens is 508 g/mol. The lowest BCUT2D eigenvalue weighted by Gasteiger charge is -2.28. The largest absolute Gasteiger partial charge is 0.507 e. The molecule has 5 N–H and O–H groups in total. The number of fused-ring (bicyclic) bond motifs is 2. The Balaban J connectivity index is 1.54. The first-order valence-corrected chi connectivity index (χ1v) is 11.8. The van der Waals surface area contributed by atoms with Crippen LogP contribution in [-0.2, 0) is 0 Å². The van der Waals surface area contributed by atoms with Gasteiger partial charge in [-0.05, 0) is 49.2 Å². The summed E-state index contributed by atoms with van der Waals surface area (Å²) in [7, 11) is 1.44. The number of phenols is 3. The highest BCUT2D eigenvalue weighted by Crippen LogP contribution is 2.48. The molecule has 0 heterocycles. The van der Waals surface area contributed by atoms with Gasteiger partial charge in [0.2, 0.25) is 5.78 Å². The highest BCUT2D eigenvalue weighted by molar-refractivity contribution is 6.17. The van der Waals surface area contributed by atoms with Gasteiger partial charge in [0.05, 0.1) is 34.3 Å². The first kappa shape index (κ1) is 25.5. The number of Topliss-reactive ketones (excluding diaryl/α,β-unsaturated/α-hetero) is 1. The number of phenolic OH excluding ortho intramolecular Hbond substituents is 3. The number of ether oxygens (including phenoxy) is 1. The van der Waals surface area contributed by atoms with Gasteiger partial charge in [-0.1, -0.05) is 6.08 Å². The van der Waals surface area contributed by atoms with Crippen molar-refractivity contribution >= 4 is 22.9 Å². The summed E-state index contributed by atoms with van der Waals surface area (Å²) in [5.41, 5.74) is -0.726. The van der Waals surface area contributed by atoms with Crippen molar-refractivity contribution in [1.29, 1.82) is 0 Å². The van der Waals surface area contributed by atoms with Crippen LogP contribution in [0.2, 0.25) is 0 Å². The van der Waals surface area contributed by atoms with Crippen LogP contribution < -0.4 is 10.1 Å². The molecule has 3 aromatic carbocycles. The average molecular weight is 530 g/mol. The summed E-state index contributed by atoms with van der Waals surface area (Å²) >= 11 is 0. The Morgan fingerprint density at radius 3 is 2.38 bits per heavy atom. The number of aliphatic hydroxyl groups is 1. The summed E-state index contributed by atoms with van der Waals surface area (Å²) in [6, 6.07) is 8.94. The van der Waals surface area contributed by atoms with E-state index in [1.165, 1.54) is 31.4 Å². The van der Waals surface area contributed by atoms with Crippen LogP contribution in [0.15, 0.2) is 65.9 Å². The standard InChI is InChI=1S/C28H22N2O9/c1-39-15-5-6-16(21(33)12-15)26(34)13-3-2-4-14(11-13)29-17-7-9-19(31)24-22(17)27(35)23-18(30(37)38)8-10-20(32)25(23)28(24)36/h3,5-12,27,29,31-33,35H,2,4H2,1H3. The van der Waals surface area contributed by atoms with E-state index in [9.17, 15) is 40.1 Å². The van der Waals surface area contributed by atoms with Crippen LogP contribution >= 0.6 is 0 Å². The average Bonchev–Trinajstić information content (AvgIpc) is 2.92. The lowest BCUT2D eigenvalue weighted by molar-refractivity contribution is -0.386. The Kier molecular flexibility index (Phi) is 6.28. The number of methoxy groups -OCH3 is 1. The summed E-state index contributed by atoms with van der Waals surface area (Å²) in [5, 5.41) is 57.1. The molecule has 1 unspecified atom stereocenters. The van der Waals surface area contributed by atoms with E-state index in [0.717, 1.165) is 12.1 Å². The fraction of sp³-hybridized carbons (Fsp3) is 0.143. The number of carbonyl (C=O) groups excluding carboxylic acids is 2. The van der Waals surface area contributed by atoms with Crippen LogP contribution in [0.25, 0.3) is 0 Å². The molecule has 0 amide bonds. The highest BCUT2D eigenvalue weighted by atomic mass is 16.6. The molecule has 1 atom stereocenters. The molecule has 198 valence electrons. The number of hydrogen-bond acceptors (Lipinski definition) is 10. The second kappa shape index (κ2) is 9.62. The van der Waals surface area contributed by atoms with E-state index < -0.39 is 45.3 Å². The topological polar surface area (TPSA) is 179 Å². The van der Waals surface area contributed by atoms with Crippen molar-refractivity contribution in [1.82, 2.24) is 0 Å². The van der Waals surface area contributed by atoms with Crippen LogP contribution in [0, 0.1) is 10.1 Å². The molecule has 0 spiro atoms. The predicted molar refractivity (Wildman–Crippen MR) is 138 cm³/mol. The third-order valence-corrected chi connectivity index (χ3v) is 6.74. The quantitative estimate of drug-likeness (QED) is 0.134. The molecule has 11 nitrogen and oxygen atoms in total. The molecule has 2 aliphatic rings. The van der Waals surface area contributed by atoms with Gasteiger partial charge in [-0.25, -0.2) is 0 Å². The number of anilines is 1. The minimum Gasteiger partial charge on any atom is -0.507 e. The molecule has 0 aliphatic heterocycles. The lowest BCUT2D eigenvalue weighted by Crippen LogP contribution is -2.23. The molecule has 39 heavy (non-hydrogen) atoms. The third kappa shape index (κ3) is 4.24. The number of carbonyl (C=O) groups is 2. The molecule has 0 radical (unpaired) electrons. The summed E-state index contributed by atoms with van der Waals surface area (Å²) in [4.78, 5) is 37.3. The normalized spacial score (nSPS) is 15.9. The molecule has 0 fully saturated rings. The summed E-state index contributed by atoms with van der Waals surface area (Å²) in [5.74, 6) is -2.20. The van der Waals surface area contributed by atoms with Gasteiger partial charge in [0.1, 0.15) is 29.1 Å². The van der Waals surface area contributed by atoms with Crippen molar-refractivity contribution in [2.75, 3.05) is 12.4 Å². The van der Waals surface area contributed by atoms with E-state index in [4.69, 9.17) is 4.74 Å². The number of ketones is 2. The van der Waals surface area contributed by atoms with Crippen molar-refractivity contribution in [3.05, 3.63) is 104 Å². The maximum absolute atomic E-state index is 13.3. The fourth-order valence-electron chi connectivity index (χ4n) is 4.90. The molecule has 2 aliphatic carbocycles. The number of benzene rings is 3. The van der Waals surface area contributed by atoms with Crippen LogP contribution in [0.1, 0.15) is 56.4 Å². The SMILES string of the molecule is COc1ccc(C(=O)C2=CCCC(Nc3ccc(O)c4c3C(O)c3c([N+](=O)[O-])ccc(O)c3C4=O)=C2)c(O)c1. The zero-order chi connectivity index (χ0) is 28.0. The maximum atomic E-state index is 13.3. The van der Waals surface area contributed by atoms with Gasteiger partial charge in [0, 0.05) is 34.7 Å². The van der Waals surface area contributed by atoms with Crippen LogP contribution in [-0.4, -0.2) is 44.0 Å². The monoisotopic (exact) mass is 530 g/mol. The number of allylic oxidation sites excluding steroid dienone is 4. The zero-order valence-electron chi connectivity index (χ0n) is 20.5. The van der Waals surface area contributed by atoms with Gasteiger partial charge in [0.25, 0.3) is 5.69 Å². The number of aromatic hydroxyl groups is 3. The molecule has 0 bridgehead atoms. The second-order valence-electron chi connectivity index (χ2n) is 9.01. The van der Waals surface area contributed by atoms with E-state index >= 15 is 0 Å². The van der Waals surface area contributed by atoms with Crippen molar-refractivity contribution in [2.45, 2.75) is 18.9 Å². The zero-order valence-corrected chi connectivity index (χ0v) is 20.5. The minimum atomic E-state index is -1.73. The fourth-order valence-corrected chi connectivity index (χ4v) is 4.90. The third-order valence-electron chi connectivity index (χ3n) is 6.74. The van der Waals surface area contributed by atoms with Crippen molar-refractivity contribution in [2.24, 2.45) is 0 Å². The Morgan fingerprint density at radius 2 is 1.72 bits per heavy atom. The van der Waals surface area contributed by atoms with Gasteiger partial charge in [-0.3, -0.25) is 19.7 Å². The van der Waals surface area contributed by atoms with Gasteiger partial charge in [0.15, 0.2) is 5.78 Å². The first-order chi connectivity index (χ1) is 18.6. The van der Waals surface area contributed by atoms with E-state index in [1.54, 1.807) is 18.2 Å². The number of nitro benzene ring substituents is 1. The van der Waals surface area contributed by atoms with Gasteiger partial charge in [-0.15, -0.1) is 0 Å². The molecule has 0 saturated carbocycles. The highest BCUT2D eigenvalue weighted by Gasteiger charge is 2.41. The van der Waals surface area contributed by atoms with E-state index in [2.05, 4.69) is 5.32 Å². The number of nitrogens with one attached hydrogen (secondary N) is 1. The molecular formula is C28H22N2O9. The molecule has 0 aromatic heterocycles. The molecule has 5 rings (SSSR count). The van der Waals surface area contributed by atoms with Gasteiger partial charge < -0.3 is 30.5 Å².